The summed E-state index contributed by atoms with van der Waals surface area (Å²) >= 11 is 0. The van der Waals surface area contributed by atoms with Gasteiger partial charge in [-0.3, -0.25) is 9.59 Å². The van der Waals surface area contributed by atoms with Gasteiger partial charge in [0.15, 0.2) is 11.5 Å². The SMILES string of the molecule is O=C(N[C@H]1CC[C@@H](C(=O)OCc2ccccc2)CC1)c1cc(F)cnc1Oc1ccc2c(c1)OCO2. The number of nitrogens with one attached hydrogen (secondary N) is 1. The number of carbonyl (C=O) groups excluding carboxylic acids is 2. The fourth-order valence-electron chi connectivity index (χ4n) is 4.31. The van der Waals surface area contributed by atoms with Crippen molar-refractivity contribution in [2.45, 2.75) is 38.3 Å². The van der Waals surface area contributed by atoms with Crippen molar-refractivity contribution in [2.24, 2.45) is 5.92 Å². The molecule has 3 aromatic rings. The van der Waals surface area contributed by atoms with Gasteiger partial charge in [0.2, 0.25) is 12.7 Å². The van der Waals surface area contributed by atoms with Crippen LogP contribution in [-0.4, -0.2) is 29.7 Å². The lowest BCUT2D eigenvalue weighted by molar-refractivity contribution is -0.151. The lowest BCUT2D eigenvalue weighted by Gasteiger charge is -2.28. The molecule has 1 saturated carbocycles. The van der Waals surface area contributed by atoms with Gasteiger partial charge in [0.1, 0.15) is 23.7 Å². The van der Waals surface area contributed by atoms with E-state index in [1.165, 1.54) is 0 Å². The number of rotatable bonds is 7. The van der Waals surface area contributed by atoms with Crippen molar-refractivity contribution in [3.63, 3.8) is 0 Å². The molecule has 0 unspecified atom stereocenters. The average Bonchev–Trinajstić information content (AvgIpc) is 3.37. The average molecular weight is 493 g/mol. The lowest BCUT2D eigenvalue weighted by atomic mass is 9.86. The second kappa shape index (κ2) is 10.6. The highest BCUT2D eigenvalue weighted by Crippen LogP contribution is 2.37. The molecule has 0 spiro atoms. The molecular formula is C27H25FN2O6. The number of nitrogens with zero attached hydrogens (tertiary/aromatic N) is 1. The first-order valence-electron chi connectivity index (χ1n) is 11.8. The molecule has 1 aromatic heterocycles. The molecular weight excluding hydrogens is 467 g/mol. The van der Waals surface area contributed by atoms with Crippen molar-refractivity contribution in [3.8, 4) is 23.1 Å². The minimum atomic E-state index is -0.650. The molecule has 8 nitrogen and oxygen atoms in total. The van der Waals surface area contributed by atoms with Crippen LogP contribution in [-0.2, 0) is 16.1 Å². The topological polar surface area (TPSA) is 96.0 Å². The third-order valence-electron chi connectivity index (χ3n) is 6.24. The first-order chi connectivity index (χ1) is 17.5. The summed E-state index contributed by atoms with van der Waals surface area (Å²) < 4.78 is 35.8. The Bertz CT molecular complexity index is 1240. The van der Waals surface area contributed by atoms with Gasteiger partial charge in [0.25, 0.3) is 5.91 Å². The summed E-state index contributed by atoms with van der Waals surface area (Å²) in [6.07, 6.45) is 3.41. The highest BCUT2D eigenvalue weighted by molar-refractivity contribution is 5.96. The zero-order chi connectivity index (χ0) is 24.9. The second-order valence-corrected chi connectivity index (χ2v) is 8.74. The van der Waals surface area contributed by atoms with E-state index in [1.54, 1.807) is 18.2 Å². The third kappa shape index (κ3) is 5.56. The minimum Gasteiger partial charge on any atom is -0.461 e. The van der Waals surface area contributed by atoms with Crippen molar-refractivity contribution in [3.05, 3.63) is 77.7 Å². The molecule has 0 radical (unpaired) electrons. The Hall–Kier alpha value is -4.14. The molecule has 2 heterocycles. The van der Waals surface area contributed by atoms with Crippen LogP contribution in [0.1, 0.15) is 41.6 Å². The number of halogens is 1. The number of amides is 1. The van der Waals surface area contributed by atoms with Gasteiger partial charge in [0, 0.05) is 12.1 Å². The van der Waals surface area contributed by atoms with Crippen LogP contribution in [0.25, 0.3) is 0 Å². The van der Waals surface area contributed by atoms with E-state index in [1.807, 2.05) is 30.3 Å². The van der Waals surface area contributed by atoms with Crippen molar-refractivity contribution in [1.82, 2.24) is 10.3 Å². The fourth-order valence-corrected chi connectivity index (χ4v) is 4.31. The summed E-state index contributed by atoms with van der Waals surface area (Å²) in [5, 5.41) is 2.93. The van der Waals surface area contributed by atoms with Crippen molar-refractivity contribution >= 4 is 11.9 Å². The number of esters is 1. The van der Waals surface area contributed by atoms with Crippen LogP contribution in [0.3, 0.4) is 0 Å². The van der Waals surface area contributed by atoms with Gasteiger partial charge in [-0.1, -0.05) is 30.3 Å². The number of carbonyl (C=O) groups is 2. The molecule has 1 fully saturated rings. The predicted octanol–water partition coefficient (Wildman–Crippen LogP) is 4.77. The monoisotopic (exact) mass is 492 g/mol. The summed E-state index contributed by atoms with van der Waals surface area (Å²) in [5.41, 5.74) is 0.923. The van der Waals surface area contributed by atoms with Crippen LogP contribution in [0.4, 0.5) is 4.39 Å². The lowest BCUT2D eigenvalue weighted by Crippen LogP contribution is -2.39. The molecule has 1 aliphatic carbocycles. The van der Waals surface area contributed by atoms with Gasteiger partial charge in [-0.15, -0.1) is 0 Å². The molecule has 186 valence electrons. The minimum absolute atomic E-state index is 0.0166. The molecule has 0 saturated heterocycles. The van der Waals surface area contributed by atoms with Crippen molar-refractivity contribution in [2.75, 3.05) is 6.79 Å². The van der Waals surface area contributed by atoms with Crippen LogP contribution < -0.4 is 19.5 Å². The zero-order valence-corrected chi connectivity index (χ0v) is 19.4. The molecule has 1 aliphatic heterocycles. The molecule has 1 amide bonds. The predicted molar refractivity (Wildman–Crippen MR) is 126 cm³/mol. The summed E-state index contributed by atoms with van der Waals surface area (Å²) in [6.45, 7) is 0.364. The Morgan fingerprint density at radius 2 is 1.78 bits per heavy atom. The number of fused-ring (bicyclic) bond motifs is 1. The Kier molecular flexibility index (Phi) is 6.97. The molecule has 1 N–H and O–H groups in total. The van der Waals surface area contributed by atoms with E-state index >= 15 is 0 Å². The number of pyridine rings is 1. The Balaban J connectivity index is 1.17. The normalized spacial score (nSPS) is 18.4. The van der Waals surface area contributed by atoms with E-state index in [-0.39, 0.29) is 42.8 Å². The fraction of sp³-hybridized carbons (Fsp3) is 0.296. The summed E-state index contributed by atoms with van der Waals surface area (Å²) in [6, 6.07) is 15.4. The highest BCUT2D eigenvalue weighted by atomic mass is 19.1. The zero-order valence-electron chi connectivity index (χ0n) is 19.4. The number of hydrogen-bond acceptors (Lipinski definition) is 7. The third-order valence-corrected chi connectivity index (χ3v) is 6.24. The maximum atomic E-state index is 14.0. The van der Waals surface area contributed by atoms with Gasteiger partial charge in [-0.25, -0.2) is 9.37 Å². The van der Waals surface area contributed by atoms with Crippen molar-refractivity contribution < 1.29 is 32.9 Å². The van der Waals surface area contributed by atoms with Gasteiger partial charge in [-0.05, 0) is 49.4 Å². The molecule has 2 aromatic carbocycles. The first-order valence-corrected chi connectivity index (χ1v) is 11.8. The van der Waals surface area contributed by atoms with Gasteiger partial charge < -0.3 is 24.3 Å². The summed E-state index contributed by atoms with van der Waals surface area (Å²) in [7, 11) is 0. The molecule has 9 heteroatoms. The Labute approximate surface area is 207 Å². The standard InChI is InChI=1S/C27H25FN2O6/c28-19-12-22(26(29-14-19)36-21-10-11-23-24(13-21)35-16-34-23)25(31)30-20-8-6-18(7-9-20)27(32)33-15-17-4-2-1-3-5-17/h1-5,10-14,18,20H,6-9,15-16H2,(H,30,31)/t18-,20+. The Morgan fingerprint density at radius 3 is 2.58 bits per heavy atom. The van der Waals surface area contributed by atoms with Crippen LogP contribution in [0.2, 0.25) is 0 Å². The van der Waals surface area contributed by atoms with Gasteiger partial charge in [0.05, 0.1) is 12.1 Å². The van der Waals surface area contributed by atoms with Crippen LogP contribution in [0.15, 0.2) is 60.8 Å². The molecule has 2 aliphatic rings. The largest absolute Gasteiger partial charge is 0.461 e. The number of benzene rings is 2. The molecule has 0 bridgehead atoms. The Morgan fingerprint density at radius 1 is 1.00 bits per heavy atom. The van der Waals surface area contributed by atoms with Crippen LogP contribution >= 0.6 is 0 Å². The van der Waals surface area contributed by atoms with E-state index in [9.17, 15) is 14.0 Å². The second-order valence-electron chi connectivity index (χ2n) is 8.74. The first kappa shape index (κ1) is 23.6. The van der Waals surface area contributed by atoms with Crippen molar-refractivity contribution in [1.29, 1.82) is 0 Å². The van der Waals surface area contributed by atoms with E-state index in [0.717, 1.165) is 17.8 Å². The number of aromatic nitrogens is 1. The van der Waals surface area contributed by atoms with E-state index in [0.29, 0.717) is 42.9 Å². The number of hydrogen-bond donors (Lipinski definition) is 1. The summed E-state index contributed by atoms with van der Waals surface area (Å²) in [4.78, 5) is 29.4. The molecule has 0 atom stereocenters. The highest BCUT2D eigenvalue weighted by Gasteiger charge is 2.29. The number of ether oxygens (including phenoxy) is 4. The van der Waals surface area contributed by atoms with Gasteiger partial charge in [-0.2, -0.15) is 0 Å². The smallest absolute Gasteiger partial charge is 0.309 e. The van der Waals surface area contributed by atoms with E-state index in [4.69, 9.17) is 18.9 Å². The van der Waals surface area contributed by atoms with E-state index in [2.05, 4.69) is 10.3 Å². The van der Waals surface area contributed by atoms with E-state index < -0.39 is 11.7 Å². The van der Waals surface area contributed by atoms with Crippen LogP contribution in [0, 0.1) is 11.7 Å². The van der Waals surface area contributed by atoms with Gasteiger partial charge >= 0.3 is 5.97 Å². The quantitative estimate of drug-likeness (QED) is 0.475. The summed E-state index contributed by atoms with van der Waals surface area (Å²) in [5.74, 6) is -0.115. The van der Waals surface area contributed by atoms with Crippen LogP contribution in [0.5, 0.6) is 23.1 Å². The molecule has 5 rings (SSSR count). The molecule has 36 heavy (non-hydrogen) atoms. The maximum absolute atomic E-state index is 14.0. The maximum Gasteiger partial charge on any atom is 0.309 e.